The predicted molar refractivity (Wildman–Crippen MR) is 47.7 cm³/mol. The van der Waals surface area contributed by atoms with Crippen LogP contribution in [0.1, 0.15) is 6.92 Å². The van der Waals surface area contributed by atoms with Gasteiger partial charge in [-0.1, -0.05) is 11.6 Å². The minimum absolute atomic E-state index is 0.173. The summed E-state index contributed by atoms with van der Waals surface area (Å²) >= 11 is 5.81. The Labute approximate surface area is 71.7 Å². The van der Waals surface area contributed by atoms with E-state index in [2.05, 4.69) is 10.3 Å². The molecule has 0 saturated carbocycles. The molecule has 11 heavy (non-hydrogen) atoms. The van der Waals surface area contributed by atoms with Crippen molar-refractivity contribution in [3.63, 3.8) is 0 Å². The molecule has 1 rings (SSSR count). The summed E-state index contributed by atoms with van der Waals surface area (Å²) in [6, 6.07) is 0.173. The summed E-state index contributed by atoms with van der Waals surface area (Å²) in [5.74, 6) is 0.849. The molecular weight excluding hydrogens is 162 g/mol. The van der Waals surface area contributed by atoms with Gasteiger partial charge in [-0.05, 0) is 6.92 Å². The topological polar surface area (TPSA) is 27.6 Å². The van der Waals surface area contributed by atoms with E-state index in [-0.39, 0.29) is 6.04 Å². The Morgan fingerprint density at radius 1 is 1.64 bits per heavy atom. The third-order valence-electron chi connectivity index (χ3n) is 1.49. The fraction of sp³-hybridized carbons (Fsp3) is 0.571. The molecule has 3 nitrogen and oxygen atoms in total. The molecule has 1 N–H and O–H groups in total. The normalized spacial score (nSPS) is 23.5. The van der Waals surface area contributed by atoms with E-state index in [4.69, 9.17) is 11.6 Å². The number of nitrogens with one attached hydrogen (secondary N) is 1. The Bertz CT molecular complexity index is 208. The van der Waals surface area contributed by atoms with E-state index in [1.807, 2.05) is 25.9 Å². The zero-order valence-corrected chi connectivity index (χ0v) is 7.68. The third-order valence-corrected chi connectivity index (χ3v) is 1.92. The van der Waals surface area contributed by atoms with Crippen LogP contribution in [0.15, 0.2) is 16.2 Å². The van der Waals surface area contributed by atoms with Crippen molar-refractivity contribution in [2.45, 2.75) is 13.0 Å². The molecule has 1 unspecified atom stereocenters. The van der Waals surface area contributed by atoms with Gasteiger partial charge < -0.3 is 10.2 Å². The Morgan fingerprint density at radius 3 is 2.73 bits per heavy atom. The van der Waals surface area contributed by atoms with Crippen LogP contribution in [0.4, 0.5) is 0 Å². The number of hydrogen-bond donors (Lipinski definition) is 1. The molecule has 1 aliphatic heterocycles. The lowest BCUT2D eigenvalue weighted by atomic mass is 10.3. The summed E-state index contributed by atoms with van der Waals surface area (Å²) < 4.78 is 0. The van der Waals surface area contributed by atoms with Crippen LogP contribution in [-0.4, -0.2) is 31.0 Å². The highest BCUT2D eigenvalue weighted by Crippen LogP contribution is 2.11. The second kappa shape index (κ2) is 3.13. The van der Waals surface area contributed by atoms with Gasteiger partial charge in [0, 0.05) is 20.3 Å². The van der Waals surface area contributed by atoms with Crippen molar-refractivity contribution in [3.8, 4) is 0 Å². The van der Waals surface area contributed by atoms with Crippen LogP contribution in [0.25, 0.3) is 0 Å². The monoisotopic (exact) mass is 173 g/mol. The first kappa shape index (κ1) is 8.40. The molecule has 1 aliphatic rings. The zero-order chi connectivity index (χ0) is 8.43. The lowest BCUT2D eigenvalue weighted by Gasteiger charge is -2.24. The minimum atomic E-state index is 0.173. The van der Waals surface area contributed by atoms with Gasteiger partial charge >= 0.3 is 0 Å². The van der Waals surface area contributed by atoms with E-state index in [1.165, 1.54) is 0 Å². The smallest absolute Gasteiger partial charge is 0.198 e. The SMILES string of the molecule is CC1NC(N(C)C)=NC=C1Cl. The fourth-order valence-corrected chi connectivity index (χ4v) is 0.882. The standard InChI is InChI=1S/C7H12ClN3/c1-5-6(8)4-9-7(10-5)11(2)3/h4-5H,1-3H3,(H,9,10). The first-order valence-corrected chi connectivity index (χ1v) is 3.86. The number of nitrogens with zero attached hydrogens (tertiary/aromatic N) is 2. The third kappa shape index (κ3) is 1.87. The quantitative estimate of drug-likeness (QED) is 0.592. The highest BCUT2D eigenvalue weighted by molar-refractivity contribution is 6.30. The summed E-state index contributed by atoms with van der Waals surface area (Å²) in [5.41, 5.74) is 0. The van der Waals surface area contributed by atoms with Crippen molar-refractivity contribution in [1.29, 1.82) is 0 Å². The molecule has 0 radical (unpaired) electrons. The fourth-order valence-electron chi connectivity index (χ4n) is 0.779. The van der Waals surface area contributed by atoms with Gasteiger partial charge in [0.2, 0.25) is 0 Å². The summed E-state index contributed by atoms with van der Waals surface area (Å²) in [6.07, 6.45) is 1.68. The molecule has 62 valence electrons. The second-order valence-electron chi connectivity index (χ2n) is 2.73. The molecule has 0 amide bonds. The average molecular weight is 174 g/mol. The molecule has 1 atom stereocenters. The van der Waals surface area contributed by atoms with E-state index >= 15 is 0 Å². The second-order valence-corrected chi connectivity index (χ2v) is 3.16. The Morgan fingerprint density at radius 2 is 2.27 bits per heavy atom. The average Bonchev–Trinajstić information content (AvgIpc) is 1.94. The molecule has 0 aromatic carbocycles. The maximum atomic E-state index is 5.81. The predicted octanol–water partition coefficient (Wildman–Crippen LogP) is 0.976. The van der Waals surface area contributed by atoms with Gasteiger partial charge in [0.1, 0.15) is 0 Å². The number of hydrogen-bond acceptors (Lipinski definition) is 3. The lowest BCUT2D eigenvalue weighted by Crippen LogP contribution is -2.43. The van der Waals surface area contributed by atoms with Crippen molar-refractivity contribution in [3.05, 3.63) is 11.2 Å². The molecule has 0 spiro atoms. The Balaban J connectivity index is 2.73. The first-order valence-electron chi connectivity index (χ1n) is 3.48. The molecule has 0 aromatic heterocycles. The van der Waals surface area contributed by atoms with Gasteiger partial charge in [-0.2, -0.15) is 0 Å². The number of rotatable bonds is 0. The first-order chi connectivity index (χ1) is 5.11. The van der Waals surface area contributed by atoms with Crippen molar-refractivity contribution in [1.82, 2.24) is 10.2 Å². The summed E-state index contributed by atoms with van der Waals surface area (Å²) in [5, 5.41) is 3.89. The Kier molecular flexibility index (Phi) is 2.39. The van der Waals surface area contributed by atoms with Gasteiger partial charge in [0.05, 0.1) is 11.1 Å². The van der Waals surface area contributed by atoms with Gasteiger partial charge in [-0.15, -0.1) is 0 Å². The molecular formula is C7H12ClN3. The van der Waals surface area contributed by atoms with Gasteiger partial charge in [0.15, 0.2) is 5.96 Å². The van der Waals surface area contributed by atoms with E-state index in [1.54, 1.807) is 6.20 Å². The van der Waals surface area contributed by atoms with Gasteiger partial charge in [-0.25, -0.2) is 4.99 Å². The van der Waals surface area contributed by atoms with E-state index < -0.39 is 0 Å². The molecule has 0 fully saturated rings. The minimum Gasteiger partial charge on any atom is -0.349 e. The van der Waals surface area contributed by atoms with Crippen molar-refractivity contribution < 1.29 is 0 Å². The van der Waals surface area contributed by atoms with Crippen LogP contribution in [-0.2, 0) is 0 Å². The Hall–Kier alpha value is -0.700. The van der Waals surface area contributed by atoms with Crippen LogP contribution in [0.3, 0.4) is 0 Å². The van der Waals surface area contributed by atoms with E-state index in [0.29, 0.717) is 0 Å². The van der Waals surface area contributed by atoms with Crippen molar-refractivity contribution >= 4 is 17.6 Å². The highest BCUT2D eigenvalue weighted by Gasteiger charge is 2.13. The molecule has 0 saturated heterocycles. The van der Waals surface area contributed by atoms with Crippen LogP contribution in [0.5, 0.6) is 0 Å². The highest BCUT2D eigenvalue weighted by atomic mass is 35.5. The molecule has 0 aliphatic carbocycles. The van der Waals surface area contributed by atoms with Crippen LogP contribution in [0, 0.1) is 0 Å². The summed E-state index contributed by atoms with van der Waals surface area (Å²) in [7, 11) is 3.87. The molecule has 1 heterocycles. The van der Waals surface area contributed by atoms with Crippen LogP contribution >= 0.6 is 11.6 Å². The number of halogens is 1. The maximum absolute atomic E-state index is 5.81. The van der Waals surface area contributed by atoms with E-state index in [9.17, 15) is 0 Å². The maximum Gasteiger partial charge on any atom is 0.198 e. The van der Waals surface area contributed by atoms with Crippen molar-refractivity contribution in [2.75, 3.05) is 14.1 Å². The van der Waals surface area contributed by atoms with Crippen molar-refractivity contribution in [2.24, 2.45) is 4.99 Å². The van der Waals surface area contributed by atoms with Crippen LogP contribution < -0.4 is 5.32 Å². The zero-order valence-electron chi connectivity index (χ0n) is 6.93. The lowest BCUT2D eigenvalue weighted by molar-refractivity contribution is 0.567. The summed E-state index contributed by atoms with van der Waals surface area (Å²) in [4.78, 5) is 6.01. The molecule has 0 bridgehead atoms. The van der Waals surface area contributed by atoms with E-state index in [0.717, 1.165) is 11.0 Å². The number of guanidine groups is 1. The number of aliphatic imine (C=N–C) groups is 1. The summed E-state index contributed by atoms with van der Waals surface area (Å²) in [6.45, 7) is 2.00. The van der Waals surface area contributed by atoms with Crippen LogP contribution in [0.2, 0.25) is 0 Å². The molecule has 4 heteroatoms. The van der Waals surface area contributed by atoms with Gasteiger partial charge in [0.25, 0.3) is 0 Å². The molecule has 0 aromatic rings. The van der Waals surface area contributed by atoms with Gasteiger partial charge in [-0.3, -0.25) is 0 Å². The largest absolute Gasteiger partial charge is 0.349 e.